The normalized spacial score (nSPS) is 14.9. The molecule has 1 amide bonds. The van der Waals surface area contributed by atoms with E-state index < -0.39 is 0 Å². The molecule has 2 aromatic heterocycles. The smallest absolute Gasteiger partial charge is 0.227 e. The molecule has 0 bridgehead atoms. The molecule has 11 heteroatoms. The minimum Gasteiger partial charge on any atom is -0.384 e. The number of ketones is 1. The highest BCUT2D eigenvalue weighted by Gasteiger charge is 2.22. The number of aromatic nitrogens is 2. The van der Waals surface area contributed by atoms with E-state index in [4.69, 9.17) is 11.5 Å². The monoisotopic (exact) mass is 818 g/mol. The van der Waals surface area contributed by atoms with E-state index in [0.29, 0.717) is 24.6 Å². The lowest BCUT2D eigenvalue weighted by Gasteiger charge is -2.34. The third-order valence-electron chi connectivity index (χ3n) is 11.4. The molecular formula is C50H55FN8O2. The van der Waals surface area contributed by atoms with Crippen molar-refractivity contribution in [1.82, 2.24) is 29.6 Å². The predicted octanol–water partition coefficient (Wildman–Crippen LogP) is 6.77. The van der Waals surface area contributed by atoms with Crippen LogP contribution < -0.4 is 11.5 Å². The first-order valence-corrected chi connectivity index (χ1v) is 21.2. The third-order valence-corrected chi connectivity index (χ3v) is 11.4. The van der Waals surface area contributed by atoms with E-state index in [2.05, 4.69) is 73.2 Å². The summed E-state index contributed by atoms with van der Waals surface area (Å²) in [5.41, 5.74) is 19.7. The molecule has 0 unspecified atom stereocenters. The van der Waals surface area contributed by atoms with Gasteiger partial charge in [-0.25, -0.2) is 14.4 Å². The molecule has 8 rings (SSSR count). The van der Waals surface area contributed by atoms with Gasteiger partial charge in [0.25, 0.3) is 0 Å². The molecule has 0 saturated carbocycles. The molecule has 0 radical (unpaired) electrons. The fraction of sp³-hybridized carbons (Fsp3) is 0.280. The number of nitrogen functional groups attached to an aromatic ring is 2. The van der Waals surface area contributed by atoms with Crippen LogP contribution in [0.1, 0.15) is 27.0 Å². The number of nitrogens with zero attached hydrogens (tertiary/aromatic N) is 6. The number of halogens is 1. The molecule has 4 aromatic carbocycles. The maximum atomic E-state index is 13.0. The van der Waals surface area contributed by atoms with Crippen molar-refractivity contribution in [3.63, 3.8) is 0 Å². The number of hydrogen-bond acceptors (Lipinski definition) is 9. The third kappa shape index (κ3) is 12.9. The number of Topliss-reactive ketones (excluding diaryl/α,β-unsaturated/α-hetero) is 1. The van der Waals surface area contributed by atoms with Gasteiger partial charge in [0.2, 0.25) is 5.91 Å². The van der Waals surface area contributed by atoms with E-state index in [1.807, 2.05) is 59.5 Å². The zero-order chi connectivity index (χ0) is 42.4. The largest absolute Gasteiger partial charge is 0.384 e. The molecule has 2 saturated heterocycles. The van der Waals surface area contributed by atoms with Crippen molar-refractivity contribution in [1.29, 1.82) is 0 Å². The van der Waals surface area contributed by atoms with Crippen LogP contribution in [0.5, 0.6) is 0 Å². The summed E-state index contributed by atoms with van der Waals surface area (Å²) >= 11 is 0. The van der Waals surface area contributed by atoms with Gasteiger partial charge in [-0.1, -0.05) is 103 Å². The topological polar surface area (TPSA) is 125 Å². The summed E-state index contributed by atoms with van der Waals surface area (Å²) in [6.07, 6.45) is 2.32. The summed E-state index contributed by atoms with van der Waals surface area (Å²) in [5, 5.41) is 0. The Morgan fingerprint density at radius 1 is 0.508 bits per heavy atom. The molecule has 2 fully saturated rings. The van der Waals surface area contributed by atoms with E-state index in [1.54, 1.807) is 24.3 Å². The highest BCUT2D eigenvalue weighted by atomic mass is 19.1. The number of hydrogen-bond donors (Lipinski definition) is 2. The summed E-state index contributed by atoms with van der Waals surface area (Å²) in [4.78, 5) is 42.7. The Hall–Kier alpha value is -6.27. The van der Waals surface area contributed by atoms with Crippen LogP contribution in [0.2, 0.25) is 0 Å². The molecule has 0 aliphatic carbocycles. The zero-order valence-corrected chi connectivity index (χ0v) is 34.7. The summed E-state index contributed by atoms with van der Waals surface area (Å²) in [6, 6.07) is 44.1. The van der Waals surface area contributed by atoms with Gasteiger partial charge in [-0.2, -0.15) is 0 Å². The maximum Gasteiger partial charge on any atom is 0.227 e. The van der Waals surface area contributed by atoms with Crippen LogP contribution in [0.4, 0.5) is 16.0 Å². The summed E-state index contributed by atoms with van der Waals surface area (Å²) < 4.78 is 13.0. The first-order chi connectivity index (χ1) is 29.7. The Kier molecular flexibility index (Phi) is 15.0. The van der Waals surface area contributed by atoms with E-state index >= 15 is 0 Å². The van der Waals surface area contributed by atoms with Gasteiger partial charge in [-0.15, -0.1) is 0 Å². The van der Waals surface area contributed by atoms with Crippen molar-refractivity contribution >= 4 is 23.3 Å². The van der Waals surface area contributed by atoms with Crippen molar-refractivity contribution in [2.75, 3.05) is 83.5 Å². The molecule has 0 atom stereocenters. The van der Waals surface area contributed by atoms with Crippen LogP contribution in [-0.4, -0.2) is 113 Å². The van der Waals surface area contributed by atoms with Crippen molar-refractivity contribution < 1.29 is 14.0 Å². The van der Waals surface area contributed by atoms with Gasteiger partial charge >= 0.3 is 0 Å². The number of anilines is 2. The second-order valence-corrected chi connectivity index (χ2v) is 15.7. The lowest BCUT2D eigenvalue weighted by molar-refractivity contribution is -0.132. The van der Waals surface area contributed by atoms with Gasteiger partial charge in [-0.05, 0) is 65.9 Å². The minimum absolute atomic E-state index is 0.108. The number of rotatable bonds is 13. The van der Waals surface area contributed by atoms with Crippen molar-refractivity contribution in [2.45, 2.75) is 19.3 Å². The number of benzene rings is 4. The first-order valence-electron chi connectivity index (χ1n) is 21.2. The average Bonchev–Trinajstić information content (AvgIpc) is 3.30. The Morgan fingerprint density at radius 2 is 0.967 bits per heavy atom. The molecule has 6 aromatic rings. The second kappa shape index (κ2) is 21.3. The minimum atomic E-state index is -0.277. The molecule has 61 heavy (non-hydrogen) atoms. The van der Waals surface area contributed by atoms with Crippen LogP contribution in [-0.2, 0) is 24.1 Å². The highest BCUT2D eigenvalue weighted by Crippen LogP contribution is 2.21. The summed E-state index contributed by atoms with van der Waals surface area (Å²) in [7, 11) is 0. The van der Waals surface area contributed by atoms with Crippen molar-refractivity contribution in [3.05, 3.63) is 168 Å². The van der Waals surface area contributed by atoms with Crippen LogP contribution in [0, 0.1) is 5.82 Å². The molecule has 4 N–H and O–H groups in total. The van der Waals surface area contributed by atoms with Crippen LogP contribution in [0.15, 0.2) is 140 Å². The zero-order valence-electron chi connectivity index (χ0n) is 34.7. The number of carbonyl (C=O) groups excluding carboxylic acids is 2. The van der Waals surface area contributed by atoms with E-state index in [1.165, 1.54) is 23.3 Å². The standard InChI is InChI=1S/C25H27FN4O.C25H28N4O/c26-22-10-6-20(7-11-22)18-25(31)30-16-14-29(15-17-30)13-12-19-4-8-21(9-5-19)23-2-1-3-24(27)28-23;26-25-8-4-7-23(27-25)21-11-9-20(10-12-21)13-14-28-15-17-29(18-16-28)19-24(30)22-5-2-1-3-6-22/h1-11H,12-18H2,(H2,27,28);1-12H,13-19H2,(H2,26,27). The Balaban J connectivity index is 0.000000184. The SMILES string of the molecule is Nc1cccc(-c2ccc(CCN3CCN(C(=O)Cc4ccc(F)cc4)CC3)cc2)n1.Nc1cccc(-c2ccc(CCN3CCN(CC(=O)c4ccccc4)CC3)cc2)n1. The molecule has 2 aliphatic rings. The summed E-state index contributed by atoms with van der Waals surface area (Å²) in [5.74, 6) is 1.11. The molecule has 2 aliphatic heterocycles. The van der Waals surface area contributed by atoms with E-state index in [9.17, 15) is 14.0 Å². The Labute approximate surface area is 358 Å². The quantitative estimate of drug-likeness (QED) is 0.122. The van der Waals surface area contributed by atoms with Crippen LogP contribution in [0.3, 0.4) is 0 Å². The van der Waals surface area contributed by atoms with Crippen LogP contribution in [0.25, 0.3) is 22.5 Å². The van der Waals surface area contributed by atoms with Crippen molar-refractivity contribution in [2.24, 2.45) is 0 Å². The lowest BCUT2D eigenvalue weighted by Crippen LogP contribution is -2.49. The van der Waals surface area contributed by atoms with Crippen LogP contribution >= 0.6 is 0 Å². The van der Waals surface area contributed by atoms with Crippen molar-refractivity contribution in [3.8, 4) is 22.5 Å². The molecular weight excluding hydrogens is 764 g/mol. The van der Waals surface area contributed by atoms with Gasteiger partial charge in [-0.3, -0.25) is 19.4 Å². The van der Waals surface area contributed by atoms with Gasteiger partial charge in [0.15, 0.2) is 5.78 Å². The first kappa shape index (κ1) is 42.8. The average molecular weight is 819 g/mol. The second-order valence-electron chi connectivity index (χ2n) is 15.7. The molecule has 10 nitrogen and oxygen atoms in total. The fourth-order valence-electron chi connectivity index (χ4n) is 7.68. The maximum absolute atomic E-state index is 13.0. The van der Waals surface area contributed by atoms with E-state index in [0.717, 1.165) is 112 Å². The van der Waals surface area contributed by atoms with E-state index in [-0.39, 0.29) is 17.5 Å². The Morgan fingerprint density at radius 3 is 1.46 bits per heavy atom. The molecule has 4 heterocycles. The number of nitrogens with two attached hydrogens (primary N) is 2. The Bertz CT molecular complexity index is 2310. The number of amides is 1. The number of pyridine rings is 2. The highest BCUT2D eigenvalue weighted by molar-refractivity contribution is 5.97. The van der Waals surface area contributed by atoms with Gasteiger partial charge in [0.05, 0.1) is 24.4 Å². The predicted molar refractivity (Wildman–Crippen MR) is 242 cm³/mol. The molecule has 314 valence electrons. The van der Waals surface area contributed by atoms with Gasteiger partial charge in [0, 0.05) is 82.1 Å². The lowest BCUT2D eigenvalue weighted by atomic mass is 10.1. The molecule has 0 spiro atoms. The number of carbonyl (C=O) groups is 2. The van der Waals surface area contributed by atoms with Gasteiger partial charge < -0.3 is 21.3 Å². The van der Waals surface area contributed by atoms with Gasteiger partial charge in [0.1, 0.15) is 17.5 Å². The number of piperazine rings is 2. The summed E-state index contributed by atoms with van der Waals surface area (Å²) in [6.45, 7) is 9.64. The fourth-order valence-corrected chi connectivity index (χ4v) is 7.68.